The Hall–Kier alpha value is -2.87. The third kappa shape index (κ3) is 4.74. The molecule has 1 fully saturated rings. The largest absolute Gasteiger partial charge is 0.386 e. The summed E-state index contributed by atoms with van der Waals surface area (Å²) in [5, 5.41) is 10.8. The van der Waals surface area contributed by atoms with Crippen LogP contribution in [0.2, 0.25) is 5.02 Å². The molecule has 0 unspecified atom stereocenters. The van der Waals surface area contributed by atoms with E-state index in [2.05, 4.69) is 4.72 Å². The van der Waals surface area contributed by atoms with Gasteiger partial charge in [0, 0.05) is 17.7 Å². The van der Waals surface area contributed by atoms with E-state index < -0.39 is 15.6 Å². The maximum absolute atomic E-state index is 12.7. The van der Waals surface area contributed by atoms with E-state index in [1.807, 2.05) is 30.3 Å². The molecule has 0 atom stereocenters. The molecular weight excluding hydrogens is 436 g/mol. The number of rotatable bonds is 6. The summed E-state index contributed by atoms with van der Waals surface area (Å²) < 4.78 is 27.5. The fourth-order valence-electron chi connectivity index (χ4n) is 3.63. The van der Waals surface area contributed by atoms with E-state index in [0.717, 1.165) is 5.56 Å². The summed E-state index contributed by atoms with van der Waals surface area (Å²) in [5.74, 6) is -0.210. The monoisotopic (exact) mass is 456 g/mol. The molecule has 0 aromatic heterocycles. The molecule has 0 saturated carbocycles. The highest BCUT2D eigenvalue weighted by molar-refractivity contribution is 7.92. The fraction of sp³-hybridized carbons (Fsp3) is 0.174. The van der Waals surface area contributed by atoms with Crippen molar-refractivity contribution in [2.24, 2.45) is 0 Å². The number of aliphatic hydroxyl groups is 1. The lowest BCUT2D eigenvalue weighted by Crippen LogP contribution is -2.64. The number of amides is 1. The lowest BCUT2D eigenvalue weighted by atomic mass is 9.86. The average molecular weight is 457 g/mol. The number of benzene rings is 3. The molecular formula is C23H21ClN2O4S. The van der Waals surface area contributed by atoms with Crippen molar-refractivity contribution in [2.75, 3.05) is 17.8 Å². The van der Waals surface area contributed by atoms with Crippen LogP contribution in [0.25, 0.3) is 0 Å². The second-order valence-corrected chi connectivity index (χ2v) is 9.72. The molecule has 31 heavy (non-hydrogen) atoms. The summed E-state index contributed by atoms with van der Waals surface area (Å²) >= 11 is 5.98. The number of β-amino-alcohol motifs (C(OH)–C–C–N with tert-alkyl or cyclic N) is 1. The lowest BCUT2D eigenvalue weighted by molar-refractivity contribution is -0.0799. The molecule has 0 aliphatic carbocycles. The second kappa shape index (κ2) is 8.34. The Kier molecular flexibility index (Phi) is 5.75. The molecule has 2 N–H and O–H groups in total. The van der Waals surface area contributed by atoms with Crippen molar-refractivity contribution in [1.29, 1.82) is 0 Å². The summed E-state index contributed by atoms with van der Waals surface area (Å²) in [6.07, 6.45) is 0.486. The predicted octanol–water partition coefficient (Wildman–Crippen LogP) is 3.57. The smallest absolute Gasteiger partial charge is 0.263 e. The summed E-state index contributed by atoms with van der Waals surface area (Å²) in [4.78, 5) is 14.2. The number of sulfonamides is 1. The molecule has 1 amide bonds. The minimum absolute atomic E-state index is 0.0184. The first-order valence-corrected chi connectivity index (χ1v) is 11.5. The van der Waals surface area contributed by atoms with E-state index in [4.69, 9.17) is 11.6 Å². The van der Waals surface area contributed by atoms with Gasteiger partial charge in [0.15, 0.2) is 0 Å². The molecule has 4 rings (SSSR count). The maximum Gasteiger partial charge on any atom is 0.263 e. The molecule has 1 aliphatic rings. The third-order valence-corrected chi connectivity index (χ3v) is 7.02. The zero-order chi connectivity index (χ0) is 22.1. The van der Waals surface area contributed by atoms with Gasteiger partial charge >= 0.3 is 0 Å². The Labute approximate surface area is 186 Å². The number of likely N-dealkylation sites (tertiary alicyclic amines) is 1. The van der Waals surface area contributed by atoms with Gasteiger partial charge < -0.3 is 10.0 Å². The molecule has 0 spiro atoms. The highest BCUT2D eigenvalue weighted by atomic mass is 35.5. The zero-order valence-electron chi connectivity index (χ0n) is 16.5. The van der Waals surface area contributed by atoms with E-state index in [0.29, 0.717) is 17.7 Å². The minimum Gasteiger partial charge on any atom is -0.386 e. The van der Waals surface area contributed by atoms with E-state index in [1.54, 1.807) is 29.2 Å². The first-order chi connectivity index (χ1) is 14.8. The normalized spacial score (nSPS) is 15.2. The minimum atomic E-state index is -3.84. The van der Waals surface area contributed by atoms with Crippen LogP contribution >= 0.6 is 11.6 Å². The van der Waals surface area contributed by atoms with E-state index >= 15 is 0 Å². The van der Waals surface area contributed by atoms with Crippen LogP contribution in [0, 0.1) is 0 Å². The van der Waals surface area contributed by atoms with Crippen LogP contribution in [0.15, 0.2) is 83.8 Å². The molecule has 6 nitrogen and oxygen atoms in total. The molecule has 0 radical (unpaired) electrons. The number of nitrogens with one attached hydrogen (secondary N) is 1. The number of nitrogens with zero attached hydrogens (tertiary/aromatic N) is 1. The number of hydrogen-bond donors (Lipinski definition) is 2. The Balaban J connectivity index is 1.39. The van der Waals surface area contributed by atoms with Gasteiger partial charge in [-0.3, -0.25) is 9.52 Å². The second-order valence-electron chi connectivity index (χ2n) is 7.66. The molecule has 0 bridgehead atoms. The van der Waals surface area contributed by atoms with Crippen LogP contribution in [0.3, 0.4) is 0 Å². The number of carbonyl (C=O) groups excluding carboxylic acids is 1. The molecule has 1 heterocycles. The van der Waals surface area contributed by atoms with E-state index in [9.17, 15) is 18.3 Å². The first-order valence-electron chi connectivity index (χ1n) is 9.69. The number of halogens is 1. The van der Waals surface area contributed by atoms with Crippen molar-refractivity contribution in [1.82, 2.24) is 4.90 Å². The topological polar surface area (TPSA) is 86.7 Å². The Morgan fingerprint density at radius 3 is 2.23 bits per heavy atom. The van der Waals surface area contributed by atoms with Crippen molar-refractivity contribution < 1.29 is 18.3 Å². The van der Waals surface area contributed by atoms with Crippen LogP contribution < -0.4 is 4.72 Å². The van der Waals surface area contributed by atoms with Gasteiger partial charge in [-0.1, -0.05) is 54.1 Å². The van der Waals surface area contributed by atoms with Crippen molar-refractivity contribution >= 4 is 33.2 Å². The van der Waals surface area contributed by atoms with Crippen molar-refractivity contribution in [3.8, 4) is 0 Å². The Bertz CT molecular complexity index is 1190. The van der Waals surface area contributed by atoms with E-state index in [1.165, 1.54) is 24.3 Å². The van der Waals surface area contributed by atoms with Crippen molar-refractivity contribution in [3.05, 3.63) is 95.0 Å². The Morgan fingerprint density at radius 1 is 0.968 bits per heavy atom. The maximum atomic E-state index is 12.7. The van der Waals surface area contributed by atoms with Gasteiger partial charge in [-0.25, -0.2) is 8.42 Å². The molecule has 8 heteroatoms. The molecule has 1 saturated heterocycles. The number of hydrogen-bond acceptors (Lipinski definition) is 4. The summed E-state index contributed by atoms with van der Waals surface area (Å²) in [5.41, 5.74) is 0.831. The molecule has 3 aromatic carbocycles. The van der Waals surface area contributed by atoms with Gasteiger partial charge in [0.2, 0.25) is 0 Å². The molecule has 160 valence electrons. The summed E-state index contributed by atoms with van der Waals surface area (Å²) in [6, 6.07) is 22.0. The van der Waals surface area contributed by atoms with Crippen molar-refractivity contribution in [2.45, 2.75) is 16.9 Å². The third-order valence-electron chi connectivity index (χ3n) is 5.14. The number of carbonyl (C=O) groups is 1. The summed E-state index contributed by atoms with van der Waals surface area (Å²) in [6.45, 7) is 0.503. The highest BCUT2D eigenvalue weighted by Gasteiger charge is 2.43. The predicted molar refractivity (Wildman–Crippen MR) is 120 cm³/mol. The quantitative estimate of drug-likeness (QED) is 0.593. The van der Waals surface area contributed by atoms with Gasteiger partial charge in [0.1, 0.15) is 10.5 Å². The van der Waals surface area contributed by atoms with Gasteiger partial charge in [-0.05, 0) is 42.0 Å². The zero-order valence-corrected chi connectivity index (χ0v) is 18.1. The molecule has 3 aromatic rings. The SMILES string of the molecule is O=C(c1ccc(NS(=O)(=O)c2ccccc2Cl)cc1)N1CC(O)(Cc2ccccc2)C1. The summed E-state index contributed by atoms with van der Waals surface area (Å²) in [7, 11) is -3.84. The first kappa shape index (κ1) is 21.4. The van der Waals surface area contributed by atoms with Crippen LogP contribution in [0.4, 0.5) is 5.69 Å². The van der Waals surface area contributed by atoms with Crippen molar-refractivity contribution in [3.63, 3.8) is 0 Å². The van der Waals surface area contributed by atoms with Crippen LogP contribution in [-0.4, -0.2) is 43.0 Å². The van der Waals surface area contributed by atoms with Crippen LogP contribution in [-0.2, 0) is 16.4 Å². The van der Waals surface area contributed by atoms with Gasteiger partial charge in [-0.15, -0.1) is 0 Å². The average Bonchev–Trinajstić information content (AvgIpc) is 2.72. The van der Waals surface area contributed by atoms with Gasteiger partial charge in [0.05, 0.1) is 18.1 Å². The fourth-order valence-corrected chi connectivity index (χ4v) is 5.21. The van der Waals surface area contributed by atoms with Crippen LogP contribution in [0.5, 0.6) is 0 Å². The van der Waals surface area contributed by atoms with E-state index in [-0.39, 0.29) is 28.9 Å². The standard InChI is InChI=1S/C23H21ClN2O4S/c24-20-8-4-5-9-21(20)31(29,30)25-19-12-10-18(11-13-19)22(27)26-15-23(28,16-26)14-17-6-2-1-3-7-17/h1-13,25,28H,14-16H2. The lowest BCUT2D eigenvalue weighted by Gasteiger charge is -2.46. The number of anilines is 1. The Morgan fingerprint density at radius 2 is 1.58 bits per heavy atom. The van der Waals surface area contributed by atoms with Gasteiger partial charge in [-0.2, -0.15) is 0 Å². The van der Waals surface area contributed by atoms with Crippen LogP contribution in [0.1, 0.15) is 15.9 Å². The van der Waals surface area contributed by atoms with Gasteiger partial charge in [0.25, 0.3) is 15.9 Å². The highest BCUT2D eigenvalue weighted by Crippen LogP contribution is 2.28. The molecule has 1 aliphatic heterocycles.